The first kappa shape index (κ1) is 53.6. The molecule has 0 aliphatic carbocycles. The van der Waals surface area contributed by atoms with E-state index in [0.29, 0.717) is 89.9 Å². The van der Waals surface area contributed by atoms with Gasteiger partial charge in [-0.1, -0.05) is 13.2 Å². The van der Waals surface area contributed by atoms with Gasteiger partial charge in [-0.15, -0.1) is 0 Å². The van der Waals surface area contributed by atoms with Crippen molar-refractivity contribution in [2.45, 2.75) is 316 Å². The Hall–Kier alpha value is -1.89. The highest BCUT2D eigenvalue weighted by Gasteiger charge is 2.70. The third kappa shape index (κ3) is 8.94. The third-order valence-electron chi connectivity index (χ3n) is 21.6. The minimum atomic E-state index is -1.09. The Morgan fingerprint density at radius 3 is 1.99 bits per heavy atom. The number of fused-ring (bicyclic) bond motifs is 11. The predicted molar refractivity (Wildman–Crippen MR) is 272 cm³/mol. The van der Waals surface area contributed by atoms with Crippen LogP contribution in [0.5, 0.6) is 0 Å². The van der Waals surface area contributed by atoms with Gasteiger partial charge in [-0.25, -0.2) is 0 Å². The van der Waals surface area contributed by atoms with E-state index in [1.807, 2.05) is 0 Å². The summed E-state index contributed by atoms with van der Waals surface area (Å²) in [6.45, 7) is 8.51. The standard InChI is InChI=1S/C57H82N4O19/c1-22-9-26-7-8-55-19-42-51(79-55)52-53(73-42)54(80-55)50-32(70-52)6-4-25(67-50)11-44(64)74-49-38(12-33-23(2)27(58)10-24(66-33)3-5-31(22)65-26)69-39-15-37-41(72-48(39)45(49)61)18-57(75-37)20-43-47(78-57)29(60)17-56(77-43)16-28(59)46-40(76-56)14-35-36(71-46)13-34(68-35)30(63)21-62/h24-43,45-54,62-63H,1-21,58-61H2/t24-,25+,26-,27+,28-,29-,30-,31-,32-,33+,34-,35+,36+,37+,38-,39-,40-,41+,42-,43-,45-,46-,47-,48+,49-,50-,51?,52-,53+,54-,55-,56+,57+/m0/s1. The number of carbonyl (C=O) groups is 1. The number of esters is 1. The van der Waals surface area contributed by atoms with Gasteiger partial charge in [0.05, 0.1) is 123 Å². The predicted octanol–water partition coefficient (Wildman–Crippen LogP) is 0.0967. The summed E-state index contributed by atoms with van der Waals surface area (Å²) in [7, 11) is 0. The van der Waals surface area contributed by atoms with Crippen molar-refractivity contribution in [2.75, 3.05) is 6.61 Å². The van der Waals surface area contributed by atoms with Gasteiger partial charge in [0.1, 0.15) is 54.9 Å². The summed E-state index contributed by atoms with van der Waals surface area (Å²) in [5.41, 5.74) is 29.9. The minimum Gasteiger partial charge on any atom is -0.458 e. The normalized spacial score (nSPS) is 58.9. The van der Waals surface area contributed by atoms with Gasteiger partial charge in [-0.05, 0) is 56.1 Å². The third-order valence-corrected chi connectivity index (χ3v) is 21.6. The van der Waals surface area contributed by atoms with E-state index >= 15 is 0 Å². The number of carbonyl (C=O) groups excluding carboxylic acids is 1. The fraction of sp³-hybridized carbons (Fsp3) is 0.912. The SMILES string of the molecule is C=C1C[C@@H]2CC[C@@]34C[C@@H]5O[C@H]6[C@@H](O3)[C@H]3O[C@H](CC[C@@H]3O[C@H]6C5O4)CC(=O)O[C@@H]3[C@@H](N)[C@@H]4O[C@@H]5C[C@@]6(C[C@@H]7O[C@]8(C[C@H](N)[C@@H]9O[C@@H]%10C[C@@H]([C@@H](O)CO)O[C@@H]%10C[C@@H]9O8)C[C@H](N)[C@@H]7O6)O[C@@H]5C[C@@H]4O[C@H]3C[C@H]3O[C@@H](CC[C@@H]1O2)C[C@@H](N)C3=C. The molecule has 0 aromatic heterocycles. The number of aliphatic hydroxyl groups is 2. The molecular formula is C57H82N4O19. The second-order valence-corrected chi connectivity index (χ2v) is 26.9. The van der Waals surface area contributed by atoms with Crippen LogP contribution in [0.2, 0.25) is 0 Å². The first-order valence-corrected chi connectivity index (χ1v) is 30.4. The van der Waals surface area contributed by atoms with Crippen molar-refractivity contribution in [3.8, 4) is 0 Å². The molecule has 17 rings (SSSR count). The minimum absolute atomic E-state index is 0.0171. The van der Waals surface area contributed by atoms with Crippen molar-refractivity contribution in [1.29, 1.82) is 0 Å². The average molecular weight is 1130 g/mol. The first-order valence-electron chi connectivity index (χ1n) is 30.4. The maximum atomic E-state index is 14.5. The van der Waals surface area contributed by atoms with Crippen molar-refractivity contribution in [3.63, 3.8) is 0 Å². The number of hydrogen-bond acceptors (Lipinski definition) is 23. The summed E-state index contributed by atoms with van der Waals surface area (Å²) in [5, 5.41) is 19.9. The number of hydrogen-bond donors (Lipinski definition) is 6. The lowest BCUT2D eigenvalue weighted by atomic mass is 9.82. The molecule has 10 N–H and O–H groups in total. The van der Waals surface area contributed by atoms with Crippen molar-refractivity contribution in [3.05, 3.63) is 24.3 Å². The lowest BCUT2D eigenvalue weighted by Gasteiger charge is -2.54. The Morgan fingerprint density at radius 2 is 1.12 bits per heavy atom. The van der Waals surface area contributed by atoms with Crippen LogP contribution in [0.25, 0.3) is 0 Å². The average Bonchev–Trinajstić information content (AvgIpc) is 3.61. The first-order chi connectivity index (χ1) is 38.6. The summed E-state index contributed by atoms with van der Waals surface area (Å²) in [6.07, 6.45) is -1.73. The van der Waals surface area contributed by atoms with Crippen LogP contribution in [-0.4, -0.2) is 223 Å². The lowest BCUT2D eigenvalue weighted by Crippen LogP contribution is -2.67. The zero-order valence-electron chi connectivity index (χ0n) is 45.3. The van der Waals surface area contributed by atoms with Crippen molar-refractivity contribution < 1.29 is 90.8 Å². The van der Waals surface area contributed by atoms with Gasteiger partial charge in [-0.2, -0.15) is 0 Å². The van der Waals surface area contributed by atoms with Gasteiger partial charge >= 0.3 is 5.97 Å². The molecule has 23 nitrogen and oxygen atoms in total. The molecule has 17 saturated heterocycles. The van der Waals surface area contributed by atoms with Crippen LogP contribution in [-0.2, 0) is 80.6 Å². The highest BCUT2D eigenvalue weighted by atomic mass is 16.8. The molecule has 3 spiro atoms. The van der Waals surface area contributed by atoms with Gasteiger partial charge in [0.25, 0.3) is 0 Å². The van der Waals surface area contributed by atoms with E-state index in [1.54, 1.807) is 0 Å². The van der Waals surface area contributed by atoms with Crippen molar-refractivity contribution in [2.24, 2.45) is 22.9 Å². The molecular weight excluding hydrogens is 1040 g/mol. The maximum Gasteiger partial charge on any atom is 0.308 e. The van der Waals surface area contributed by atoms with Crippen LogP contribution in [0, 0.1) is 0 Å². The second kappa shape index (κ2) is 19.8. The van der Waals surface area contributed by atoms with E-state index in [9.17, 15) is 15.0 Å². The molecule has 0 aromatic carbocycles. The van der Waals surface area contributed by atoms with Gasteiger partial charge in [0.2, 0.25) is 0 Å². The number of ether oxygens (including phenoxy) is 16. The zero-order chi connectivity index (χ0) is 54.3. The van der Waals surface area contributed by atoms with Gasteiger partial charge in [-0.3, -0.25) is 4.79 Å². The van der Waals surface area contributed by atoms with Gasteiger partial charge < -0.3 is 109 Å². The van der Waals surface area contributed by atoms with Crippen LogP contribution in [0.15, 0.2) is 24.3 Å². The lowest BCUT2D eigenvalue weighted by molar-refractivity contribution is -0.358. The molecule has 17 aliphatic rings. The molecule has 0 saturated carbocycles. The summed E-state index contributed by atoms with van der Waals surface area (Å²) in [4.78, 5) is 14.5. The largest absolute Gasteiger partial charge is 0.458 e. The summed E-state index contributed by atoms with van der Waals surface area (Å²) < 4.78 is 109. The highest BCUT2D eigenvalue weighted by molar-refractivity contribution is 5.70. The topological polar surface area (TPSA) is 309 Å². The van der Waals surface area contributed by atoms with E-state index in [-0.39, 0.29) is 73.5 Å². The van der Waals surface area contributed by atoms with Gasteiger partial charge in [0.15, 0.2) is 17.4 Å². The Balaban J connectivity index is 0.628. The van der Waals surface area contributed by atoms with Crippen molar-refractivity contribution in [1.82, 2.24) is 0 Å². The van der Waals surface area contributed by atoms with E-state index < -0.39 is 146 Å². The molecule has 444 valence electrons. The molecule has 80 heavy (non-hydrogen) atoms. The number of rotatable bonds is 2. The second-order valence-electron chi connectivity index (χ2n) is 26.9. The van der Waals surface area contributed by atoms with Crippen LogP contribution in [0.3, 0.4) is 0 Å². The number of nitrogens with two attached hydrogens (primary N) is 4. The van der Waals surface area contributed by atoms with Crippen LogP contribution in [0.1, 0.15) is 116 Å². The Labute approximate surface area is 465 Å². The van der Waals surface area contributed by atoms with Gasteiger partial charge in [0, 0.05) is 82.3 Å². The van der Waals surface area contributed by atoms with E-state index in [0.717, 1.165) is 30.4 Å². The molecule has 33 atom stereocenters. The van der Waals surface area contributed by atoms with E-state index in [2.05, 4.69) is 13.2 Å². The Morgan fingerprint density at radius 1 is 0.475 bits per heavy atom. The van der Waals surface area contributed by atoms with Crippen LogP contribution in [0.4, 0.5) is 0 Å². The highest BCUT2D eigenvalue weighted by Crippen LogP contribution is 2.56. The molecule has 0 amide bonds. The quantitative estimate of drug-likeness (QED) is 0.158. The van der Waals surface area contributed by atoms with E-state index in [4.69, 9.17) is 98.7 Å². The fourth-order valence-corrected chi connectivity index (χ4v) is 17.9. The monoisotopic (exact) mass is 1130 g/mol. The van der Waals surface area contributed by atoms with Crippen LogP contribution >= 0.6 is 0 Å². The summed E-state index contributed by atoms with van der Waals surface area (Å²) >= 11 is 0. The molecule has 23 heteroatoms. The number of aliphatic hydroxyl groups excluding tert-OH is 2. The smallest absolute Gasteiger partial charge is 0.308 e. The molecule has 17 fully saturated rings. The van der Waals surface area contributed by atoms with E-state index in [1.165, 1.54) is 0 Å². The Kier molecular flexibility index (Phi) is 13.3. The fourth-order valence-electron chi connectivity index (χ4n) is 17.9. The zero-order valence-corrected chi connectivity index (χ0v) is 45.3. The van der Waals surface area contributed by atoms with Crippen LogP contribution < -0.4 is 22.9 Å². The molecule has 0 aromatic rings. The molecule has 0 radical (unpaired) electrons. The molecule has 12 bridgehead atoms. The summed E-state index contributed by atoms with van der Waals surface area (Å²) in [5.74, 6) is -3.48. The van der Waals surface area contributed by atoms with Crippen molar-refractivity contribution >= 4 is 5.97 Å². The summed E-state index contributed by atoms with van der Waals surface area (Å²) in [6, 6.07) is -1.99. The molecule has 17 heterocycles. The molecule has 17 aliphatic heterocycles. The Bertz CT molecular complexity index is 2430. The molecule has 1 unspecified atom stereocenters. The maximum absolute atomic E-state index is 14.5.